The second-order valence-corrected chi connectivity index (χ2v) is 15.3. The summed E-state index contributed by atoms with van der Waals surface area (Å²) in [6.45, 7) is 3.04. The molecule has 0 spiro atoms. The normalized spacial score (nSPS) is 18.0. The first-order chi connectivity index (χ1) is 27.4. The second-order valence-electron chi connectivity index (χ2n) is 15.3. The van der Waals surface area contributed by atoms with Crippen molar-refractivity contribution in [2.75, 3.05) is 45.8 Å². The van der Waals surface area contributed by atoms with Gasteiger partial charge in [0.15, 0.2) is 0 Å². The van der Waals surface area contributed by atoms with Crippen LogP contribution in [-0.2, 0) is 42.4 Å². The van der Waals surface area contributed by atoms with Gasteiger partial charge in [-0.25, -0.2) is 4.39 Å². The van der Waals surface area contributed by atoms with E-state index >= 15 is 4.39 Å². The molecular formula is C40H48FN9O7. The third-order valence-corrected chi connectivity index (χ3v) is 11.7. The summed E-state index contributed by atoms with van der Waals surface area (Å²) in [6, 6.07) is 8.25. The van der Waals surface area contributed by atoms with E-state index in [1.807, 2.05) is 21.9 Å². The van der Waals surface area contributed by atoms with Crippen LogP contribution in [0.1, 0.15) is 63.5 Å². The van der Waals surface area contributed by atoms with Gasteiger partial charge in [0.1, 0.15) is 24.9 Å². The number of nitrogens with zero attached hydrogens (tertiary/aromatic N) is 7. The molecule has 16 nitrogen and oxygen atoms in total. The molecule has 3 aliphatic heterocycles. The number of piperidine rings is 2. The number of carbonyl (C=O) groups excluding carboxylic acids is 5. The van der Waals surface area contributed by atoms with Gasteiger partial charge in [-0.3, -0.25) is 38.1 Å². The van der Waals surface area contributed by atoms with Crippen LogP contribution in [0.3, 0.4) is 0 Å². The van der Waals surface area contributed by atoms with E-state index in [2.05, 4.69) is 15.7 Å². The fourth-order valence-electron chi connectivity index (χ4n) is 8.62. The number of amides is 5. The second kappa shape index (κ2) is 16.7. The molecule has 3 saturated heterocycles. The van der Waals surface area contributed by atoms with Crippen molar-refractivity contribution in [2.45, 2.75) is 70.4 Å². The fourth-order valence-corrected chi connectivity index (χ4v) is 8.62. The van der Waals surface area contributed by atoms with Crippen molar-refractivity contribution in [3.05, 3.63) is 48.0 Å². The quantitative estimate of drug-likeness (QED) is 0.205. The summed E-state index contributed by atoms with van der Waals surface area (Å²) in [7, 11) is 1.79. The van der Waals surface area contributed by atoms with Gasteiger partial charge in [-0.05, 0) is 68.2 Å². The predicted octanol–water partition coefficient (Wildman–Crippen LogP) is 2.39. The van der Waals surface area contributed by atoms with Gasteiger partial charge in [0.25, 0.3) is 0 Å². The van der Waals surface area contributed by atoms with Gasteiger partial charge in [0.05, 0.1) is 29.5 Å². The molecule has 3 N–H and O–H groups in total. The van der Waals surface area contributed by atoms with Gasteiger partial charge < -0.3 is 30.4 Å². The lowest BCUT2D eigenvalue weighted by molar-refractivity contribution is -0.144. The number of carbonyl (C=O) groups is 6. The van der Waals surface area contributed by atoms with E-state index in [1.54, 1.807) is 35.0 Å². The fraction of sp³-hybridized carbons (Fsp3) is 0.500. The molecule has 302 valence electrons. The zero-order valence-electron chi connectivity index (χ0n) is 32.2. The molecule has 2 aromatic carbocycles. The number of rotatable bonds is 11. The molecule has 3 aliphatic rings. The van der Waals surface area contributed by atoms with Crippen LogP contribution in [0.4, 0.5) is 4.39 Å². The molecule has 0 bridgehead atoms. The lowest BCUT2D eigenvalue weighted by atomic mass is 9.88. The molecule has 7 rings (SSSR count). The summed E-state index contributed by atoms with van der Waals surface area (Å²) in [5, 5.41) is 24.1. The van der Waals surface area contributed by atoms with Crippen molar-refractivity contribution in [2.24, 2.45) is 13.0 Å². The minimum Gasteiger partial charge on any atom is -0.480 e. The minimum atomic E-state index is -1.20. The van der Waals surface area contributed by atoms with E-state index < -0.39 is 36.7 Å². The van der Waals surface area contributed by atoms with Crippen molar-refractivity contribution in [1.82, 2.24) is 44.9 Å². The SMILES string of the molecule is CC(=O)N1CCCC1C(=O)N1CCC(CC(=O)N2CCC(c3nn(CC(=O)NCC(=O)NCC(=O)O)c4cccc(-c5cc6c(cnn6C)cc5F)c34)CC2)CC1. The van der Waals surface area contributed by atoms with E-state index in [0.717, 1.165) is 24.8 Å². The number of fused-ring (bicyclic) bond motifs is 2. The maximum Gasteiger partial charge on any atom is 0.322 e. The monoisotopic (exact) mass is 785 g/mol. The van der Waals surface area contributed by atoms with Crippen molar-refractivity contribution < 1.29 is 38.3 Å². The van der Waals surface area contributed by atoms with Gasteiger partial charge in [0, 0.05) is 75.4 Å². The number of hydrogen-bond donors (Lipinski definition) is 3. The smallest absolute Gasteiger partial charge is 0.322 e. The number of carboxylic acids is 1. The van der Waals surface area contributed by atoms with Gasteiger partial charge in [-0.1, -0.05) is 12.1 Å². The Kier molecular flexibility index (Phi) is 11.5. The highest BCUT2D eigenvalue weighted by molar-refractivity contribution is 6.00. The molecule has 1 unspecified atom stereocenters. The Morgan fingerprint density at radius 2 is 1.58 bits per heavy atom. The average Bonchev–Trinajstić information content (AvgIpc) is 3.94. The lowest BCUT2D eigenvalue weighted by Gasteiger charge is -2.36. The summed E-state index contributed by atoms with van der Waals surface area (Å²) in [5.74, 6) is -2.74. The summed E-state index contributed by atoms with van der Waals surface area (Å²) in [4.78, 5) is 80.1. The number of halogens is 1. The zero-order valence-corrected chi connectivity index (χ0v) is 32.2. The minimum absolute atomic E-state index is 0.00829. The highest BCUT2D eigenvalue weighted by atomic mass is 19.1. The van der Waals surface area contributed by atoms with Crippen LogP contribution >= 0.6 is 0 Å². The van der Waals surface area contributed by atoms with Crippen LogP contribution in [0.2, 0.25) is 0 Å². The maximum atomic E-state index is 15.8. The lowest BCUT2D eigenvalue weighted by Crippen LogP contribution is -2.49. The van der Waals surface area contributed by atoms with E-state index in [9.17, 15) is 28.8 Å². The summed E-state index contributed by atoms with van der Waals surface area (Å²) < 4.78 is 19.1. The molecule has 5 amide bonds. The topological polar surface area (TPSA) is 192 Å². The van der Waals surface area contributed by atoms with Crippen LogP contribution < -0.4 is 10.6 Å². The molecule has 57 heavy (non-hydrogen) atoms. The third kappa shape index (κ3) is 8.46. The van der Waals surface area contributed by atoms with Crippen LogP contribution in [0.15, 0.2) is 36.5 Å². The number of benzene rings is 2. The summed E-state index contributed by atoms with van der Waals surface area (Å²) in [6.07, 6.45) is 6.19. The van der Waals surface area contributed by atoms with Gasteiger partial charge >= 0.3 is 5.97 Å². The van der Waals surface area contributed by atoms with Crippen molar-refractivity contribution in [3.63, 3.8) is 0 Å². The maximum absolute atomic E-state index is 15.8. The highest BCUT2D eigenvalue weighted by Gasteiger charge is 2.37. The number of aliphatic carboxylic acids is 1. The van der Waals surface area contributed by atoms with Crippen LogP contribution in [-0.4, -0.2) is 127 Å². The summed E-state index contributed by atoms with van der Waals surface area (Å²) >= 11 is 0. The Balaban J connectivity index is 1.05. The van der Waals surface area contributed by atoms with E-state index in [1.165, 1.54) is 17.7 Å². The number of aryl methyl sites for hydroxylation is 1. The van der Waals surface area contributed by atoms with Crippen LogP contribution in [0, 0.1) is 11.7 Å². The molecular weight excluding hydrogens is 737 g/mol. The predicted molar refractivity (Wildman–Crippen MR) is 206 cm³/mol. The van der Waals surface area contributed by atoms with Crippen molar-refractivity contribution in [3.8, 4) is 11.1 Å². The molecule has 0 radical (unpaired) electrons. The highest BCUT2D eigenvalue weighted by Crippen LogP contribution is 2.40. The summed E-state index contributed by atoms with van der Waals surface area (Å²) in [5.41, 5.74) is 3.00. The Morgan fingerprint density at radius 3 is 2.30 bits per heavy atom. The molecule has 17 heteroatoms. The largest absolute Gasteiger partial charge is 0.480 e. The number of aromatic nitrogens is 4. The number of carboxylic acid groups (broad SMARTS) is 1. The zero-order chi connectivity index (χ0) is 40.4. The molecule has 0 aliphatic carbocycles. The molecule has 0 saturated carbocycles. The molecule has 2 aromatic heterocycles. The van der Waals surface area contributed by atoms with Crippen molar-refractivity contribution >= 4 is 57.3 Å². The third-order valence-electron chi connectivity index (χ3n) is 11.7. The number of nitrogens with one attached hydrogen (secondary N) is 2. The van der Waals surface area contributed by atoms with E-state index in [-0.39, 0.29) is 42.1 Å². The van der Waals surface area contributed by atoms with Gasteiger partial charge in [-0.2, -0.15) is 10.2 Å². The first-order valence-corrected chi connectivity index (χ1v) is 19.6. The van der Waals surface area contributed by atoms with Crippen LogP contribution in [0.25, 0.3) is 32.9 Å². The first kappa shape index (κ1) is 39.4. The molecule has 1 atom stereocenters. The van der Waals surface area contributed by atoms with E-state index in [0.29, 0.717) is 91.5 Å². The first-order valence-electron chi connectivity index (χ1n) is 19.6. The Morgan fingerprint density at radius 1 is 0.860 bits per heavy atom. The van der Waals surface area contributed by atoms with Crippen LogP contribution in [0.5, 0.6) is 0 Å². The Labute approximate surface area is 328 Å². The molecule has 5 heterocycles. The molecule has 4 aromatic rings. The number of likely N-dealkylation sites (tertiary alicyclic amines) is 3. The van der Waals surface area contributed by atoms with Gasteiger partial charge in [-0.15, -0.1) is 0 Å². The Hall–Kier alpha value is -5.87. The Bertz CT molecular complexity index is 2220. The number of hydrogen-bond acceptors (Lipinski definition) is 8. The average molecular weight is 786 g/mol. The molecule has 3 fully saturated rings. The van der Waals surface area contributed by atoms with Crippen molar-refractivity contribution in [1.29, 1.82) is 0 Å². The van der Waals surface area contributed by atoms with E-state index in [4.69, 9.17) is 10.2 Å². The van der Waals surface area contributed by atoms with Gasteiger partial charge in [0.2, 0.25) is 29.5 Å². The standard InChI is InChI=1S/C40H48FN9O7/c1-24(51)49-12-4-7-32(49)40(57)48-13-8-25(9-14-48)17-36(54)47-15-10-26(11-16-47)39-38-28(29-19-33-27(18-30(29)41)20-44-46(33)2)5-3-6-31(38)50(45-39)23-35(53)42-21-34(52)43-22-37(55)56/h3,5-6,18-20,25-26,32H,4,7-17,21-23H2,1-2H3,(H,42,53)(H,43,52)(H,55,56).